The molecule has 1 N–H and O–H groups in total. The molecular weight excluding hydrogens is 450 g/mol. The number of hydrogen-bond donors (Lipinski definition) is 1. The number of fused-ring (bicyclic) bond motifs is 1. The molecule has 3 heterocycles. The third kappa shape index (κ3) is 4.15. The molecule has 3 aliphatic rings. The lowest BCUT2D eigenvalue weighted by atomic mass is 9.92. The zero-order chi connectivity index (χ0) is 24.6. The fourth-order valence-electron chi connectivity index (χ4n) is 4.99. The van der Waals surface area contributed by atoms with Gasteiger partial charge in [0.15, 0.2) is 11.5 Å². The predicted octanol–water partition coefficient (Wildman–Crippen LogP) is 2.99. The van der Waals surface area contributed by atoms with Crippen molar-refractivity contribution in [2.45, 2.75) is 37.8 Å². The molecule has 4 amide bonds. The molecule has 2 atom stereocenters. The fourth-order valence-corrected chi connectivity index (χ4v) is 4.99. The van der Waals surface area contributed by atoms with Crippen molar-refractivity contribution in [3.63, 3.8) is 0 Å². The molecule has 9 heteroatoms. The Balaban J connectivity index is 1.32. The van der Waals surface area contributed by atoms with Crippen molar-refractivity contribution in [1.82, 2.24) is 15.1 Å². The van der Waals surface area contributed by atoms with Crippen LogP contribution in [-0.4, -0.2) is 61.1 Å². The van der Waals surface area contributed by atoms with Crippen molar-refractivity contribution in [3.8, 4) is 17.2 Å². The van der Waals surface area contributed by atoms with Gasteiger partial charge in [0.1, 0.15) is 17.8 Å². The van der Waals surface area contributed by atoms with Gasteiger partial charge in [-0.1, -0.05) is 18.2 Å². The van der Waals surface area contributed by atoms with E-state index < -0.39 is 17.5 Å². The van der Waals surface area contributed by atoms with Crippen LogP contribution in [0.25, 0.3) is 0 Å². The number of amides is 4. The Hall–Kier alpha value is -3.75. The number of carbonyl (C=O) groups excluding carboxylic acids is 3. The van der Waals surface area contributed by atoms with Gasteiger partial charge in [0.25, 0.3) is 5.91 Å². The third-order valence-electron chi connectivity index (χ3n) is 6.97. The molecular formula is C26H29N3O6. The Labute approximate surface area is 203 Å². The number of methoxy groups -OCH3 is 1. The van der Waals surface area contributed by atoms with Crippen LogP contribution in [0, 0.1) is 0 Å². The number of imide groups is 1. The van der Waals surface area contributed by atoms with Gasteiger partial charge < -0.3 is 24.4 Å². The first-order valence-electron chi connectivity index (χ1n) is 11.9. The second kappa shape index (κ2) is 9.13. The lowest BCUT2D eigenvalue weighted by Crippen LogP contribution is -2.44. The van der Waals surface area contributed by atoms with Crippen LogP contribution in [0.2, 0.25) is 0 Å². The maximum absolute atomic E-state index is 13.3. The summed E-state index contributed by atoms with van der Waals surface area (Å²) in [6, 6.07) is 12.0. The second-order valence-corrected chi connectivity index (χ2v) is 9.18. The summed E-state index contributed by atoms with van der Waals surface area (Å²) < 4.78 is 16.7. The van der Waals surface area contributed by atoms with E-state index in [4.69, 9.17) is 14.2 Å². The summed E-state index contributed by atoms with van der Waals surface area (Å²) in [6.07, 6.45) is 2.46. The molecule has 2 aromatic rings. The van der Waals surface area contributed by atoms with Gasteiger partial charge in [0.2, 0.25) is 5.91 Å². The van der Waals surface area contributed by atoms with Crippen molar-refractivity contribution in [1.29, 1.82) is 0 Å². The number of carbonyl (C=O) groups is 3. The van der Waals surface area contributed by atoms with Crippen LogP contribution in [0.3, 0.4) is 0 Å². The number of benzene rings is 2. The van der Waals surface area contributed by atoms with Crippen molar-refractivity contribution in [2.24, 2.45) is 0 Å². The number of nitrogens with one attached hydrogen (secondary N) is 1. The molecule has 0 aromatic heterocycles. The van der Waals surface area contributed by atoms with E-state index in [1.165, 1.54) is 0 Å². The highest BCUT2D eigenvalue weighted by Gasteiger charge is 2.50. The quantitative estimate of drug-likeness (QED) is 0.663. The van der Waals surface area contributed by atoms with Gasteiger partial charge in [0, 0.05) is 13.0 Å². The first-order valence-corrected chi connectivity index (χ1v) is 11.9. The molecule has 0 unspecified atom stereocenters. The smallest absolute Gasteiger partial charge is 0.325 e. The maximum Gasteiger partial charge on any atom is 0.325 e. The first kappa shape index (κ1) is 23.0. The zero-order valence-electron chi connectivity index (χ0n) is 19.9. The van der Waals surface area contributed by atoms with Gasteiger partial charge in [0.05, 0.1) is 26.4 Å². The zero-order valence-corrected chi connectivity index (χ0v) is 19.9. The normalized spacial score (nSPS) is 23.8. The number of ether oxygens (including phenoxy) is 3. The molecule has 2 fully saturated rings. The summed E-state index contributed by atoms with van der Waals surface area (Å²) >= 11 is 0. The predicted molar refractivity (Wildman–Crippen MR) is 126 cm³/mol. The molecule has 2 saturated heterocycles. The van der Waals surface area contributed by atoms with E-state index >= 15 is 0 Å². The Morgan fingerprint density at radius 3 is 2.57 bits per heavy atom. The minimum absolute atomic E-state index is 0.145. The molecule has 2 aromatic carbocycles. The Bertz CT molecular complexity index is 1150. The van der Waals surface area contributed by atoms with Crippen molar-refractivity contribution >= 4 is 17.8 Å². The Kier molecular flexibility index (Phi) is 6.00. The highest BCUT2D eigenvalue weighted by Crippen LogP contribution is 2.38. The second-order valence-electron chi connectivity index (χ2n) is 9.18. The highest BCUT2D eigenvalue weighted by atomic mass is 16.5. The third-order valence-corrected chi connectivity index (χ3v) is 6.97. The molecule has 3 aliphatic heterocycles. The summed E-state index contributed by atoms with van der Waals surface area (Å²) in [5.41, 5.74) is 0.334. The maximum atomic E-state index is 13.3. The lowest BCUT2D eigenvalue weighted by molar-refractivity contribution is -0.139. The molecule has 0 bridgehead atoms. The van der Waals surface area contributed by atoms with E-state index in [0.717, 1.165) is 29.7 Å². The van der Waals surface area contributed by atoms with E-state index in [-0.39, 0.29) is 18.5 Å². The van der Waals surface area contributed by atoms with E-state index in [2.05, 4.69) is 5.32 Å². The van der Waals surface area contributed by atoms with Gasteiger partial charge in [-0.3, -0.25) is 14.5 Å². The van der Waals surface area contributed by atoms with E-state index in [1.54, 1.807) is 43.2 Å². The van der Waals surface area contributed by atoms with Gasteiger partial charge in [-0.25, -0.2) is 4.79 Å². The van der Waals surface area contributed by atoms with Crippen LogP contribution in [-0.2, 0) is 15.1 Å². The van der Waals surface area contributed by atoms with Crippen LogP contribution in [0.15, 0.2) is 42.5 Å². The van der Waals surface area contributed by atoms with Crippen LogP contribution in [0.5, 0.6) is 17.2 Å². The molecule has 0 spiro atoms. The average Bonchev–Trinajstić information content (AvgIpc) is 3.34. The molecule has 35 heavy (non-hydrogen) atoms. The molecule has 0 saturated carbocycles. The molecule has 184 valence electrons. The topological polar surface area (TPSA) is 97.4 Å². The number of rotatable bonds is 5. The fraction of sp³-hybridized carbons (Fsp3) is 0.423. The molecule has 5 rings (SSSR count). The number of nitrogens with zero attached hydrogens (tertiary/aromatic N) is 2. The summed E-state index contributed by atoms with van der Waals surface area (Å²) in [6.45, 7) is 3.11. The number of likely N-dealkylation sites (tertiary alicyclic amines) is 1. The lowest BCUT2D eigenvalue weighted by Gasteiger charge is -2.27. The van der Waals surface area contributed by atoms with Crippen LogP contribution >= 0.6 is 0 Å². The highest BCUT2D eigenvalue weighted by molar-refractivity contribution is 6.09. The van der Waals surface area contributed by atoms with E-state index in [1.807, 2.05) is 18.2 Å². The summed E-state index contributed by atoms with van der Waals surface area (Å²) in [5.74, 6) is 1.33. The summed E-state index contributed by atoms with van der Waals surface area (Å²) in [4.78, 5) is 42.2. The largest absolute Gasteiger partial charge is 0.497 e. The van der Waals surface area contributed by atoms with Crippen LogP contribution in [0.4, 0.5) is 4.79 Å². The van der Waals surface area contributed by atoms with E-state index in [9.17, 15) is 14.4 Å². The summed E-state index contributed by atoms with van der Waals surface area (Å²) in [5, 5.41) is 2.76. The van der Waals surface area contributed by atoms with E-state index in [0.29, 0.717) is 42.6 Å². The van der Waals surface area contributed by atoms with Gasteiger partial charge in [-0.05, 0) is 55.2 Å². The van der Waals surface area contributed by atoms with Gasteiger partial charge in [-0.15, -0.1) is 0 Å². The van der Waals surface area contributed by atoms with Gasteiger partial charge in [-0.2, -0.15) is 0 Å². The minimum Gasteiger partial charge on any atom is -0.497 e. The average molecular weight is 480 g/mol. The van der Waals surface area contributed by atoms with Gasteiger partial charge >= 0.3 is 6.03 Å². The molecule has 0 radical (unpaired) electrons. The Morgan fingerprint density at radius 1 is 1.09 bits per heavy atom. The molecule has 0 aliphatic carbocycles. The van der Waals surface area contributed by atoms with Crippen molar-refractivity contribution < 1.29 is 28.6 Å². The molecule has 9 nitrogen and oxygen atoms in total. The standard InChI is InChI=1S/C26H29N3O6/c1-26(18-7-9-19(33-2)10-8-18)24(31)29(25(32)27-26)16-23(30)28-12-3-5-20(28)17-6-11-21-22(15-17)35-14-4-13-34-21/h6-11,15,20H,3-5,12-14,16H2,1-2H3,(H,27,32)/t20-,26-/m1/s1. The van der Waals surface area contributed by atoms with Crippen LogP contribution < -0.4 is 19.5 Å². The SMILES string of the molecule is COc1ccc([C@@]2(C)NC(=O)N(CC(=O)N3CCC[C@@H]3c3ccc4c(c3)OCCCO4)C2=O)cc1. The van der Waals surface area contributed by atoms with Crippen molar-refractivity contribution in [3.05, 3.63) is 53.6 Å². The first-order chi connectivity index (χ1) is 16.9. The number of urea groups is 1. The number of hydrogen-bond acceptors (Lipinski definition) is 6. The Morgan fingerprint density at radius 2 is 1.83 bits per heavy atom. The summed E-state index contributed by atoms with van der Waals surface area (Å²) in [7, 11) is 1.56. The monoisotopic (exact) mass is 479 g/mol. The van der Waals surface area contributed by atoms with Crippen molar-refractivity contribution in [2.75, 3.05) is 33.4 Å². The van der Waals surface area contributed by atoms with Crippen LogP contribution in [0.1, 0.15) is 43.4 Å². The minimum atomic E-state index is -1.25.